The van der Waals surface area contributed by atoms with E-state index in [2.05, 4.69) is 111 Å². The number of hydrogen-bond acceptors (Lipinski definition) is 3. The molecule has 2 aromatic heterocycles. The molecule has 3 heterocycles. The Morgan fingerprint density at radius 3 is 2.23 bits per heavy atom. The molecule has 0 spiro atoms. The maximum absolute atomic E-state index is 12.7. The van der Waals surface area contributed by atoms with Gasteiger partial charge < -0.3 is 14.4 Å². The number of hydrogen-bond donors (Lipinski definition) is 1. The van der Waals surface area contributed by atoms with Crippen molar-refractivity contribution in [2.24, 2.45) is 7.05 Å². The maximum Gasteiger partial charge on any atom is 0.288 e. The summed E-state index contributed by atoms with van der Waals surface area (Å²) in [4.78, 5) is 5.11. The number of aromatic nitrogens is 3. The van der Waals surface area contributed by atoms with E-state index in [0.29, 0.717) is 18.8 Å². The lowest BCUT2D eigenvalue weighted by atomic mass is 9.71. The van der Waals surface area contributed by atoms with E-state index in [1.54, 1.807) is 7.11 Å². The molecular weight excluding hydrogens is 494 g/mol. The fourth-order valence-corrected chi connectivity index (χ4v) is 7.56. The monoisotopic (exact) mass is 530 g/mol. The van der Waals surface area contributed by atoms with E-state index in [4.69, 9.17) is 9.72 Å². The first-order valence-electron chi connectivity index (χ1n) is 14.4. The zero-order valence-corrected chi connectivity index (χ0v) is 24.1. The predicted octanol–water partition coefficient (Wildman–Crippen LogP) is 7.43. The van der Waals surface area contributed by atoms with Crippen LogP contribution in [0, 0.1) is 0 Å². The van der Waals surface area contributed by atoms with Gasteiger partial charge in [0.05, 0.1) is 10.9 Å². The molecule has 5 heteroatoms. The zero-order chi connectivity index (χ0) is 28.0. The van der Waals surface area contributed by atoms with E-state index in [0.717, 1.165) is 49.5 Å². The van der Waals surface area contributed by atoms with Crippen LogP contribution in [0.4, 0.5) is 0 Å². The third kappa shape index (κ3) is 2.94. The third-order valence-electron chi connectivity index (χ3n) is 9.66. The predicted molar refractivity (Wildman–Crippen MR) is 162 cm³/mol. The van der Waals surface area contributed by atoms with Gasteiger partial charge in [0.25, 0.3) is 6.33 Å². The minimum absolute atomic E-state index is 0.304. The quantitative estimate of drug-likeness (QED) is 0.190. The van der Waals surface area contributed by atoms with Crippen molar-refractivity contribution in [3.05, 3.63) is 84.2 Å². The molecule has 6 aromatic rings. The van der Waals surface area contributed by atoms with Crippen LogP contribution in [0.3, 0.4) is 0 Å². The van der Waals surface area contributed by atoms with Gasteiger partial charge in [0.15, 0.2) is 11.2 Å². The number of fused-ring (bicyclic) bond motifs is 10. The summed E-state index contributed by atoms with van der Waals surface area (Å²) in [7, 11) is 3.78. The summed E-state index contributed by atoms with van der Waals surface area (Å²) in [6.45, 7) is 8.75. The van der Waals surface area contributed by atoms with Gasteiger partial charge in [0, 0.05) is 25.3 Å². The Bertz CT molecular complexity index is 1980. The molecule has 7 rings (SSSR count). The molecule has 0 radical (unpaired) electrons. The highest BCUT2D eigenvalue weighted by atomic mass is 16.6. The molecule has 1 aliphatic heterocycles. The molecule has 202 valence electrons. The van der Waals surface area contributed by atoms with Crippen LogP contribution in [0.5, 0.6) is 0 Å². The Morgan fingerprint density at radius 1 is 0.925 bits per heavy atom. The van der Waals surface area contributed by atoms with Crippen molar-refractivity contribution in [3.63, 3.8) is 0 Å². The standard InChI is InChI=1S/C35H36N3O2/c1-7-34(8-2)35(39,40-6)30-25-16-12-11-15-24(25)26(21(3)4)19-28(30)32-33-31(36-20-38(32)34)27-17-22-13-9-10-14-23(22)18-29(27)37(33)5/h9-21,39H,7-8H2,1-6H3/q+1. The Balaban J connectivity index is 1.75. The molecule has 0 amide bonds. The van der Waals surface area contributed by atoms with E-state index in [9.17, 15) is 5.11 Å². The highest BCUT2D eigenvalue weighted by molar-refractivity contribution is 6.14. The molecule has 1 aliphatic rings. The van der Waals surface area contributed by atoms with Gasteiger partial charge >= 0.3 is 0 Å². The smallest absolute Gasteiger partial charge is 0.288 e. The number of aliphatic hydroxyl groups is 1. The number of benzene rings is 4. The van der Waals surface area contributed by atoms with Crippen LogP contribution < -0.4 is 4.57 Å². The Morgan fingerprint density at radius 2 is 1.57 bits per heavy atom. The first-order chi connectivity index (χ1) is 19.3. The van der Waals surface area contributed by atoms with Crippen LogP contribution in [0.25, 0.3) is 54.7 Å². The van der Waals surface area contributed by atoms with E-state index < -0.39 is 11.3 Å². The number of nitrogens with zero attached hydrogens (tertiary/aromatic N) is 3. The lowest BCUT2D eigenvalue weighted by molar-refractivity contribution is -0.791. The van der Waals surface area contributed by atoms with Crippen LogP contribution in [0.1, 0.15) is 57.6 Å². The SMILES string of the molecule is CCC1(CC)[n+]2cnc3c4cc5ccccc5cc4n(C)c3c2-c2cc(C(C)C)c3ccccc3c2C1(O)OC. The summed E-state index contributed by atoms with van der Waals surface area (Å²) in [6, 6.07) is 23.8. The van der Waals surface area contributed by atoms with Crippen molar-refractivity contribution >= 4 is 43.5 Å². The summed E-state index contributed by atoms with van der Waals surface area (Å²) in [5.41, 5.74) is 6.64. The first kappa shape index (κ1) is 25.2. The number of ether oxygens (including phenoxy) is 1. The van der Waals surface area contributed by atoms with Crippen molar-refractivity contribution in [2.75, 3.05) is 7.11 Å². The molecule has 5 nitrogen and oxygen atoms in total. The van der Waals surface area contributed by atoms with Gasteiger partial charge in [0.2, 0.25) is 11.3 Å². The lowest BCUT2D eigenvalue weighted by Gasteiger charge is -2.48. The second-order valence-corrected chi connectivity index (χ2v) is 11.6. The van der Waals surface area contributed by atoms with Crippen molar-refractivity contribution in [3.8, 4) is 11.3 Å². The molecular formula is C35H36N3O2+. The summed E-state index contributed by atoms with van der Waals surface area (Å²) in [5, 5.41) is 18.5. The average Bonchev–Trinajstić information content (AvgIpc) is 3.26. The van der Waals surface area contributed by atoms with E-state index in [-0.39, 0.29) is 0 Å². The molecule has 0 saturated heterocycles. The largest absolute Gasteiger partial charge is 0.358 e. The van der Waals surface area contributed by atoms with Crippen molar-refractivity contribution < 1.29 is 14.4 Å². The van der Waals surface area contributed by atoms with Crippen LogP contribution in [-0.4, -0.2) is 21.8 Å². The molecule has 40 heavy (non-hydrogen) atoms. The van der Waals surface area contributed by atoms with Crippen molar-refractivity contribution in [2.45, 2.75) is 57.8 Å². The van der Waals surface area contributed by atoms with Gasteiger partial charge in [-0.2, -0.15) is 0 Å². The second kappa shape index (κ2) is 8.60. The Hall–Kier alpha value is -3.80. The van der Waals surface area contributed by atoms with Crippen LogP contribution in [-0.2, 0) is 23.1 Å². The maximum atomic E-state index is 12.7. The summed E-state index contributed by atoms with van der Waals surface area (Å²) in [5.74, 6) is -1.24. The number of rotatable bonds is 4. The van der Waals surface area contributed by atoms with E-state index >= 15 is 0 Å². The van der Waals surface area contributed by atoms with Crippen molar-refractivity contribution in [1.82, 2.24) is 9.55 Å². The molecule has 0 saturated carbocycles. The molecule has 0 fully saturated rings. The molecule has 0 aliphatic carbocycles. The molecule has 1 unspecified atom stereocenters. The highest BCUT2D eigenvalue weighted by Crippen LogP contribution is 2.53. The molecule has 1 atom stereocenters. The average molecular weight is 531 g/mol. The summed E-state index contributed by atoms with van der Waals surface area (Å²) >= 11 is 0. The van der Waals surface area contributed by atoms with Gasteiger partial charge in [-0.25, -0.2) is 4.57 Å². The van der Waals surface area contributed by atoms with E-state index in [1.807, 2.05) is 6.33 Å². The third-order valence-corrected chi connectivity index (χ3v) is 9.66. The number of aryl methyl sites for hydroxylation is 1. The van der Waals surface area contributed by atoms with Gasteiger partial charge in [-0.1, -0.05) is 76.2 Å². The summed E-state index contributed by atoms with van der Waals surface area (Å²) < 4.78 is 10.7. The van der Waals surface area contributed by atoms with Crippen molar-refractivity contribution in [1.29, 1.82) is 0 Å². The number of methoxy groups -OCH3 is 1. The van der Waals surface area contributed by atoms with Gasteiger partial charge in [0.1, 0.15) is 5.52 Å². The minimum Gasteiger partial charge on any atom is -0.358 e. The fourth-order valence-electron chi connectivity index (χ4n) is 7.56. The molecule has 0 bridgehead atoms. The summed E-state index contributed by atoms with van der Waals surface area (Å²) in [6.07, 6.45) is 3.29. The van der Waals surface area contributed by atoms with E-state index in [1.165, 1.54) is 16.3 Å². The molecule has 1 N–H and O–H groups in total. The van der Waals surface area contributed by atoms with Crippen LogP contribution in [0.15, 0.2) is 73.1 Å². The molecule has 4 aromatic carbocycles. The lowest BCUT2D eigenvalue weighted by Crippen LogP contribution is -2.70. The highest BCUT2D eigenvalue weighted by Gasteiger charge is 2.61. The van der Waals surface area contributed by atoms with Gasteiger partial charge in [-0.15, -0.1) is 0 Å². The van der Waals surface area contributed by atoms with Gasteiger partial charge in [-0.05, 0) is 69.1 Å². The first-order valence-corrected chi connectivity index (χ1v) is 14.4. The van der Waals surface area contributed by atoms with Crippen LogP contribution in [0.2, 0.25) is 0 Å². The Labute approximate surface area is 234 Å². The zero-order valence-electron chi connectivity index (χ0n) is 24.1. The topological polar surface area (TPSA) is 51.2 Å². The fraction of sp³-hybridized carbons (Fsp3) is 0.314. The normalized spacial score (nSPS) is 18.2. The second-order valence-electron chi connectivity index (χ2n) is 11.6. The Kier molecular flexibility index (Phi) is 5.41. The van der Waals surface area contributed by atoms with Gasteiger partial charge in [-0.3, -0.25) is 0 Å². The minimum atomic E-state index is -1.55. The van der Waals surface area contributed by atoms with Crippen LogP contribution >= 0.6 is 0 Å².